The van der Waals surface area contributed by atoms with Gasteiger partial charge in [-0.3, -0.25) is 9.59 Å². The summed E-state index contributed by atoms with van der Waals surface area (Å²) in [6.45, 7) is 1.90. The maximum absolute atomic E-state index is 12.6. The first-order chi connectivity index (χ1) is 14.2. The van der Waals surface area contributed by atoms with Gasteiger partial charge in [-0.05, 0) is 25.0 Å². The van der Waals surface area contributed by atoms with Crippen LogP contribution in [-0.4, -0.2) is 51.1 Å². The summed E-state index contributed by atoms with van der Waals surface area (Å²) in [6.07, 6.45) is 2.40. The molecule has 0 saturated carbocycles. The maximum atomic E-state index is 12.6. The molecule has 29 heavy (non-hydrogen) atoms. The second-order valence-electron chi connectivity index (χ2n) is 6.97. The first-order valence-electron chi connectivity index (χ1n) is 9.86. The van der Waals surface area contributed by atoms with Crippen molar-refractivity contribution < 1.29 is 9.59 Å². The van der Waals surface area contributed by atoms with Crippen LogP contribution in [0, 0.1) is 0 Å². The minimum Gasteiger partial charge on any atom is -0.349 e. The Balaban J connectivity index is 1.50. The summed E-state index contributed by atoms with van der Waals surface area (Å²) in [6, 6.07) is 19.2. The van der Waals surface area contributed by atoms with Crippen LogP contribution in [0.4, 0.5) is 0 Å². The zero-order chi connectivity index (χ0) is 20.1. The van der Waals surface area contributed by atoms with Gasteiger partial charge in [0.25, 0.3) is 5.91 Å². The van der Waals surface area contributed by atoms with E-state index in [0.717, 1.165) is 37.2 Å². The highest BCUT2D eigenvalue weighted by atomic mass is 16.2. The Kier molecular flexibility index (Phi) is 5.65. The average Bonchev–Trinajstić information content (AvgIpc) is 3.45. The molecule has 2 heterocycles. The minimum atomic E-state index is -0.383. The number of aromatic nitrogens is 3. The second kappa shape index (κ2) is 8.68. The maximum Gasteiger partial charge on any atom is 0.291 e. The van der Waals surface area contributed by atoms with Gasteiger partial charge in [-0.2, -0.15) is 0 Å². The highest BCUT2D eigenvalue weighted by Crippen LogP contribution is 2.21. The Labute approximate surface area is 169 Å². The molecule has 1 N–H and O–H groups in total. The number of amides is 2. The summed E-state index contributed by atoms with van der Waals surface area (Å²) in [5.41, 5.74) is 1.69. The van der Waals surface area contributed by atoms with Crippen molar-refractivity contribution in [1.82, 2.24) is 25.0 Å². The van der Waals surface area contributed by atoms with E-state index in [4.69, 9.17) is 0 Å². The number of carbonyl (C=O) groups excluding carboxylic acids is 2. The highest BCUT2D eigenvalue weighted by Gasteiger charge is 2.20. The van der Waals surface area contributed by atoms with E-state index in [-0.39, 0.29) is 30.6 Å². The van der Waals surface area contributed by atoms with Gasteiger partial charge in [0.05, 0.1) is 5.69 Å². The molecule has 7 heteroatoms. The van der Waals surface area contributed by atoms with Gasteiger partial charge in [0.2, 0.25) is 11.7 Å². The van der Waals surface area contributed by atoms with Crippen molar-refractivity contribution in [2.75, 3.05) is 19.6 Å². The van der Waals surface area contributed by atoms with E-state index in [9.17, 15) is 9.59 Å². The molecule has 0 radical (unpaired) electrons. The van der Waals surface area contributed by atoms with E-state index in [1.54, 1.807) is 4.68 Å². The topological polar surface area (TPSA) is 80.1 Å². The Morgan fingerprint density at radius 1 is 0.931 bits per heavy atom. The molecule has 0 spiro atoms. The first-order valence-corrected chi connectivity index (χ1v) is 9.86. The van der Waals surface area contributed by atoms with Crippen molar-refractivity contribution in [3.05, 3.63) is 66.5 Å². The van der Waals surface area contributed by atoms with Gasteiger partial charge in [0, 0.05) is 31.6 Å². The van der Waals surface area contributed by atoms with Gasteiger partial charge in [-0.1, -0.05) is 48.5 Å². The predicted octanol–water partition coefficient (Wildman–Crippen LogP) is 2.68. The van der Waals surface area contributed by atoms with Gasteiger partial charge in [0.1, 0.15) is 0 Å². The van der Waals surface area contributed by atoms with Gasteiger partial charge in [-0.25, -0.2) is 9.67 Å². The van der Waals surface area contributed by atoms with Crippen LogP contribution in [0.3, 0.4) is 0 Å². The fourth-order valence-electron chi connectivity index (χ4n) is 3.42. The van der Waals surface area contributed by atoms with E-state index >= 15 is 0 Å². The smallest absolute Gasteiger partial charge is 0.291 e. The zero-order valence-corrected chi connectivity index (χ0v) is 16.1. The Bertz CT molecular complexity index is 922. The van der Waals surface area contributed by atoms with E-state index in [2.05, 4.69) is 15.4 Å². The molecule has 1 aromatic heterocycles. The van der Waals surface area contributed by atoms with Gasteiger partial charge >= 0.3 is 0 Å². The van der Waals surface area contributed by atoms with E-state index in [1.807, 2.05) is 65.6 Å². The lowest BCUT2D eigenvalue weighted by Crippen LogP contribution is -2.33. The van der Waals surface area contributed by atoms with Crippen molar-refractivity contribution in [2.45, 2.75) is 19.3 Å². The van der Waals surface area contributed by atoms with Crippen LogP contribution in [0.1, 0.15) is 29.9 Å². The van der Waals surface area contributed by atoms with E-state index < -0.39 is 0 Å². The monoisotopic (exact) mass is 389 g/mol. The number of carbonyl (C=O) groups is 2. The molecule has 0 atom stereocenters. The fourth-order valence-corrected chi connectivity index (χ4v) is 3.42. The molecule has 1 saturated heterocycles. The lowest BCUT2D eigenvalue weighted by molar-refractivity contribution is -0.129. The van der Waals surface area contributed by atoms with Crippen LogP contribution in [-0.2, 0) is 4.79 Å². The summed E-state index contributed by atoms with van der Waals surface area (Å²) >= 11 is 0. The minimum absolute atomic E-state index is 0.0792. The molecule has 148 valence electrons. The molecular formula is C22H23N5O2. The first kappa shape index (κ1) is 18.9. The summed E-state index contributed by atoms with van der Waals surface area (Å²) in [7, 11) is 0. The molecule has 2 amide bonds. The van der Waals surface area contributed by atoms with E-state index in [0.29, 0.717) is 5.82 Å². The van der Waals surface area contributed by atoms with Crippen LogP contribution < -0.4 is 5.32 Å². The number of hydrogen-bond acceptors (Lipinski definition) is 4. The predicted molar refractivity (Wildman–Crippen MR) is 110 cm³/mol. The molecule has 0 bridgehead atoms. The zero-order valence-electron chi connectivity index (χ0n) is 16.1. The van der Waals surface area contributed by atoms with Crippen LogP contribution in [0.15, 0.2) is 60.7 Å². The number of nitrogens with one attached hydrogen (secondary N) is 1. The third-order valence-electron chi connectivity index (χ3n) is 4.93. The molecule has 3 aromatic rings. The molecule has 7 nitrogen and oxygen atoms in total. The summed E-state index contributed by atoms with van der Waals surface area (Å²) < 4.78 is 1.67. The van der Waals surface area contributed by atoms with Crippen LogP contribution in [0.5, 0.6) is 0 Å². The summed E-state index contributed by atoms with van der Waals surface area (Å²) in [4.78, 5) is 31.1. The largest absolute Gasteiger partial charge is 0.349 e. The van der Waals surface area contributed by atoms with Gasteiger partial charge in [0.15, 0.2) is 5.82 Å². The standard InChI is InChI=1S/C22H23N5O2/c28-19(26-15-7-8-16-26)13-14-23-22(29)20-24-21(17-9-3-1-4-10-17)27(25-20)18-11-5-2-6-12-18/h1-6,9-12H,7-8,13-16H2,(H,23,29). The molecule has 1 fully saturated rings. The summed E-state index contributed by atoms with van der Waals surface area (Å²) in [5, 5.41) is 7.20. The Hall–Kier alpha value is -3.48. The van der Waals surface area contributed by atoms with Crippen LogP contribution in [0.25, 0.3) is 17.1 Å². The molecule has 1 aliphatic rings. The molecule has 1 aliphatic heterocycles. The van der Waals surface area contributed by atoms with Crippen molar-refractivity contribution in [1.29, 1.82) is 0 Å². The third kappa shape index (κ3) is 4.34. The van der Waals surface area contributed by atoms with Crippen LogP contribution in [0.2, 0.25) is 0 Å². The Morgan fingerprint density at radius 3 is 2.28 bits per heavy atom. The number of rotatable bonds is 6. The number of para-hydroxylation sites is 1. The highest BCUT2D eigenvalue weighted by molar-refractivity contribution is 5.91. The number of hydrogen-bond donors (Lipinski definition) is 1. The molecular weight excluding hydrogens is 366 g/mol. The third-order valence-corrected chi connectivity index (χ3v) is 4.93. The van der Waals surface area contributed by atoms with Gasteiger partial charge in [-0.15, -0.1) is 5.10 Å². The lowest BCUT2D eigenvalue weighted by atomic mass is 10.2. The fraction of sp³-hybridized carbons (Fsp3) is 0.273. The number of nitrogens with zero attached hydrogens (tertiary/aromatic N) is 4. The molecule has 2 aromatic carbocycles. The van der Waals surface area contributed by atoms with Crippen molar-refractivity contribution in [3.63, 3.8) is 0 Å². The lowest BCUT2D eigenvalue weighted by Gasteiger charge is -2.14. The quantitative estimate of drug-likeness (QED) is 0.703. The molecule has 0 aliphatic carbocycles. The van der Waals surface area contributed by atoms with Crippen molar-refractivity contribution >= 4 is 11.8 Å². The van der Waals surface area contributed by atoms with Crippen LogP contribution >= 0.6 is 0 Å². The molecule has 0 unspecified atom stereocenters. The molecule has 4 rings (SSSR count). The SMILES string of the molecule is O=C(NCCC(=O)N1CCCC1)c1nc(-c2ccccc2)n(-c2ccccc2)n1. The van der Waals surface area contributed by atoms with Crippen molar-refractivity contribution in [2.24, 2.45) is 0 Å². The second-order valence-corrected chi connectivity index (χ2v) is 6.97. The number of likely N-dealkylation sites (tertiary alicyclic amines) is 1. The van der Waals surface area contributed by atoms with Crippen molar-refractivity contribution in [3.8, 4) is 17.1 Å². The summed E-state index contributed by atoms with van der Waals surface area (Å²) in [5.74, 6) is 0.373. The number of benzene rings is 2. The Morgan fingerprint density at radius 2 is 1.59 bits per heavy atom. The average molecular weight is 389 g/mol. The normalized spacial score (nSPS) is 13.4. The van der Waals surface area contributed by atoms with E-state index in [1.165, 1.54) is 0 Å². The van der Waals surface area contributed by atoms with Gasteiger partial charge < -0.3 is 10.2 Å².